The highest BCUT2D eigenvalue weighted by Crippen LogP contribution is 2.41. The fourth-order valence-corrected chi connectivity index (χ4v) is 3.87. The second-order valence-electron chi connectivity index (χ2n) is 6.35. The minimum absolute atomic E-state index is 0.0174. The lowest BCUT2D eigenvalue weighted by molar-refractivity contribution is -0.168. The molecule has 0 radical (unpaired) electrons. The van der Waals surface area contributed by atoms with Gasteiger partial charge in [-0.05, 0) is 36.4 Å². The van der Waals surface area contributed by atoms with Crippen molar-refractivity contribution in [1.29, 1.82) is 0 Å². The maximum Gasteiger partial charge on any atom is 0.286 e. The van der Waals surface area contributed by atoms with E-state index in [-0.39, 0.29) is 21.8 Å². The van der Waals surface area contributed by atoms with Crippen LogP contribution in [0.15, 0.2) is 57.7 Å². The molecule has 0 aliphatic carbocycles. The summed E-state index contributed by atoms with van der Waals surface area (Å²) in [6.07, 6.45) is 2.88. The number of nitrogens with one attached hydrogen (secondary N) is 1. The van der Waals surface area contributed by atoms with Crippen molar-refractivity contribution in [2.75, 3.05) is 0 Å². The summed E-state index contributed by atoms with van der Waals surface area (Å²) in [5.74, 6) is -2.26. The van der Waals surface area contributed by atoms with Crippen LogP contribution in [0.3, 0.4) is 0 Å². The maximum atomic E-state index is 13.8. The lowest BCUT2D eigenvalue weighted by atomic mass is 9.95. The number of carbonyl (C=O) groups is 2. The first kappa shape index (κ1) is 16.9. The van der Waals surface area contributed by atoms with Crippen molar-refractivity contribution in [3.05, 3.63) is 70.3 Å². The molecule has 6 nitrogen and oxygen atoms in total. The van der Waals surface area contributed by atoms with Gasteiger partial charge in [0.05, 0.1) is 17.4 Å². The highest BCUT2D eigenvalue weighted by atomic mass is 79.9. The molecule has 2 aromatic heterocycles. The van der Waals surface area contributed by atoms with Crippen LogP contribution in [-0.4, -0.2) is 27.1 Å². The molecule has 1 aliphatic heterocycles. The van der Waals surface area contributed by atoms with Crippen molar-refractivity contribution in [3.8, 4) is 0 Å². The van der Waals surface area contributed by atoms with Crippen molar-refractivity contribution in [1.82, 2.24) is 10.0 Å². The van der Waals surface area contributed by atoms with Crippen LogP contribution in [-0.2, 0) is 9.59 Å². The molecule has 28 heavy (non-hydrogen) atoms. The van der Waals surface area contributed by atoms with E-state index in [1.165, 1.54) is 24.5 Å². The zero-order valence-corrected chi connectivity index (χ0v) is 15.6. The van der Waals surface area contributed by atoms with Crippen molar-refractivity contribution >= 4 is 60.8 Å². The Balaban J connectivity index is 1.86. The Morgan fingerprint density at radius 2 is 1.75 bits per heavy atom. The van der Waals surface area contributed by atoms with E-state index < -0.39 is 17.6 Å². The Kier molecular flexibility index (Phi) is 3.55. The molecule has 5 rings (SSSR count). The maximum absolute atomic E-state index is 13.8. The number of rotatable bonds is 2. The monoisotopic (exact) mass is 440 g/mol. The molecule has 138 valence electrons. The number of aromatic nitrogens is 1. The number of fused-ring (bicyclic) bond motifs is 2. The largest absolute Gasteiger partial charge is 0.464 e. The second-order valence-corrected chi connectivity index (χ2v) is 7.27. The summed E-state index contributed by atoms with van der Waals surface area (Å²) in [5, 5.41) is 11.1. The molecule has 0 saturated heterocycles. The molecule has 0 fully saturated rings. The summed E-state index contributed by atoms with van der Waals surface area (Å²) >= 11 is 3.39. The van der Waals surface area contributed by atoms with Gasteiger partial charge in [0.2, 0.25) is 0 Å². The molecule has 4 aromatic rings. The first-order valence-electron chi connectivity index (χ1n) is 8.22. The number of hydrogen-bond acceptors (Lipinski definition) is 4. The van der Waals surface area contributed by atoms with Crippen LogP contribution in [0.1, 0.15) is 11.1 Å². The number of halogens is 2. The summed E-state index contributed by atoms with van der Waals surface area (Å²) in [4.78, 5) is 28.5. The van der Waals surface area contributed by atoms with Crippen molar-refractivity contribution in [3.63, 3.8) is 0 Å². The average molecular weight is 441 g/mol. The topological polar surface area (TPSA) is 86.5 Å². The lowest BCUT2D eigenvalue weighted by Gasteiger charge is -2.03. The van der Waals surface area contributed by atoms with Crippen LogP contribution in [0.4, 0.5) is 4.39 Å². The Morgan fingerprint density at radius 1 is 1.00 bits per heavy atom. The van der Waals surface area contributed by atoms with E-state index in [1.807, 2.05) is 12.1 Å². The fourth-order valence-electron chi connectivity index (χ4n) is 3.51. The number of hydrogen-bond donors (Lipinski definition) is 2. The molecule has 2 aromatic carbocycles. The zero-order valence-electron chi connectivity index (χ0n) is 14.0. The van der Waals surface area contributed by atoms with Gasteiger partial charge < -0.3 is 9.40 Å². The van der Waals surface area contributed by atoms with Gasteiger partial charge in [0.1, 0.15) is 11.4 Å². The average Bonchev–Trinajstić information content (AvgIpc) is 3.32. The third-order valence-electron chi connectivity index (χ3n) is 4.78. The summed E-state index contributed by atoms with van der Waals surface area (Å²) in [6, 6.07) is 9.37. The number of amides is 2. The Morgan fingerprint density at radius 3 is 2.54 bits per heavy atom. The van der Waals surface area contributed by atoms with Gasteiger partial charge in [0.25, 0.3) is 11.8 Å². The SMILES string of the molecule is O=C1C(c2c[nH]c3ccc(Br)cc23)=C(c2coc3ccc(F)cc23)C(=O)N1O. The molecule has 0 bridgehead atoms. The molecule has 1 aliphatic rings. The molecule has 0 saturated carbocycles. The molecule has 2 amide bonds. The Hall–Kier alpha value is -3.23. The quantitative estimate of drug-likeness (QED) is 0.355. The Labute approximate surface area is 164 Å². The van der Waals surface area contributed by atoms with Gasteiger partial charge in [-0.15, -0.1) is 5.06 Å². The number of aromatic amines is 1. The molecule has 8 heteroatoms. The van der Waals surface area contributed by atoms with E-state index >= 15 is 0 Å². The van der Waals surface area contributed by atoms with Crippen LogP contribution in [0.25, 0.3) is 33.0 Å². The lowest BCUT2D eigenvalue weighted by Crippen LogP contribution is -2.27. The molecule has 0 unspecified atom stereocenters. The third-order valence-corrected chi connectivity index (χ3v) is 5.27. The van der Waals surface area contributed by atoms with Gasteiger partial charge in [-0.2, -0.15) is 0 Å². The molecule has 2 N–H and O–H groups in total. The first-order chi connectivity index (χ1) is 13.5. The van der Waals surface area contributed by atoms with Gasteiger partial charge in [-0.1, -0.05) is 15.9 Å². The van der Waals surface area contributed by atoms with Crippen LogP contribution in [0, 0.1) is 5.82 Å². The highest BCUT2D eigenvalue weighted by Gasteiger charge is 2.41. The summed E-state index contributed by atoms with van der Waals surface area (Å²) in [6.45, 7) is 0. The van der Waals surface area contributed by atoms with E-state index in [2.05, 4.69) is 20.9 Å². The zero-order chi connectivity index (χ0) is 19.6. The van der Waals surface area contributed by atoms with Crippen molar-refractivity contribution in [2.45, 2.75) is 0 Å². The summed E-state index contributed by atoms with van der Waals surface area (Å²) in [7, 11) is 0. The van der Waals surface area contributed by atoms with Gasteiger partial charge in [0, 0.05) is 38.1 Å². The van der Waals surface area contributed by atoms with E-state index in [0.717, 1.165) is 9.99 Å². The fraction of sp³-hybridized carbons (Fsp3) is 0. The van der Waals surface area contributed by atoms with Gasteiger partial charge in [0.15, 0.2) is 0 Å². The third kappa shape index (κ3) is 2.28. The Bertz CT molecular complexity index is 1250. The van der Waals surface area contributed by atoms with Gasteiger partial charge >= 0.3 is 0 Å². The summed E-state index contributed by atoms with van der Waals surface area (Å²) < 4.78 is 20.0. The number of imide groups is 1. The molecular weight excluding hydrogens is 431 g/mol. The molecule has 0 atom stereocenters. The minimum atomic E-state index is -0.892. The van der Waals surface area contributed by atoms with E-state index in [0.29, 0.717) is 21.9 Å². The predicted molar refractivity (Wildman–Crippen MR) is 103 cm³/mol. The predicted octanol–water partition coefficient (Wildman–Crippen LogP) is 4.48. The van der Waals surface area contributed by atoms with Crippen molar-refractivity contribution in [2.24, 2.45) is 0 Å². The number of H-pyrrole nitrogens is 1. The number of carbonyl (C=O) groups excluding carboxylic acids is 2. The highest BCUT2D eigenvalue weighted by molar-refractivity contribution is 9.10. The van der Waals surface area contributed by atoms with Gasteiger partial charge in [-0.25, -0.2) is 4.39 Å². The minimum Gasteiger partial charge on any atom is -0.464 e. The van der Waals surface area contributed by atoms with Crippen LogP contribution < -0.4 is 0 Å². The van der Waals surface area contributed by atoms with E-state index in [9.17, 15) is 19.2 Å². The number of nitrogens with zero attached hydrogens (tertiary/aromatic N) is 1. The van der Waals surface area contributed by atoms with Gasteiger partial charge in [-0.3, -0.25) is 14.8 Å². The molecule has 3 heterocycles. The van der Waals surface area contributed by atoms with Crippen LogP contribution in [0.5, 0.6) is 0 Å². The van der Waals surface area contributed by atoms with Crippen LogP contribution in [0.2, 0.25) is 0 Å². The molecule has 0 spiro atoms. The smallest absolute Gasteiger partial charge is 0.286 e. The standard InChI is InChI=1S/C20H10BrFN2O4/c21-9-1-3-15-11(5-9)13(7-23-15)17-18(20(26)24(27)19(17)25)14-8-28-16-4-2-10(22)6-12(14)16/h1-8,23,27H. The van der Waals surface area contributed by atoms with E-state index in [1.54, 1.807) is 12.3 Å². The number of hydroxylamine groups is 2. The van der Waals surface area contributed by atoms with Crippen LogP contribution >= 0.6 is 15.9 Å². The second kappa shape index (κ2) is 5.88. The number of benzene rings is 2. The van der Waals surface area contributed by atoms with Crippen molar-refractivity contribution < 1.29 is 23.6 Å². The first-order valence-corrected chi connectivity index (χ1v) is 9.01. The summed E-state index contributed by atoms with van der Waals surface area (Å²) in [5.41, 5.74) is 1.78. The van der Waals surface area contributed by atoms with E-state index in [4.69, 9.17) is 4.42 Å². The normalized spacial score (nSPS) is 14.9. The molecular formula is C20H10BrFN2O4. The number of furan rings is 1.